The summed E-state index contributed by atoms with van der Waals surface area (Å²) in [6, 6.07) is -0.997. The Morgan fingerprint density at radius 2 is 1.69 bits per heavy atom. The molecule has 150 valence electrons. The van der Waals surface area contributed by atoms with Gasteiger partial charge in [0, 0.05) is 18.6 Å². The number of nitrogens with zero attached hydrogens (tertiary/aromatic N) is 1. The van der Waals surface area contributed by atoms with Gasteiger partial charge in [-0.25, -0.2) is 0 Å². The van der Waals surface area contributed by atoms with Crippen LogP contribution in [0.4, 0.5) is 30.7 Å². The first kappa shape index (κ1) is 22.7. The molecule has 2 nitrogen and oxygen atoms in total. The second-order valence-corrected chi connectivity index (χ2v) is 6.39. The molecule has 1 aliphatic heterocycles. The largest absolute Gasteiger partial charge is 0.459 e. The molecule has 3 atom stereocenters. The number of alkyl halides is 7. The summed E-state index contributed by atoms with van der Waals surface area (Å²) in [5.74, 6) is -12.0. The number of β-amino-alcohol motifs (C(OH)–C–C–N with tert-alkyl or cyclic N) is 1. The SMILES string of the molecule is C=CC[C@@H]1CC(C)=C[C@@H](CC=C)N1C[C@H](O)C(F)(F)C(F)(F)C(F)(F)F. The molecule has 9 heteroatoms. The van der Waals surface area contributed by atoms with E-state index in [0.29, 0.717) is 12.8 Å². The molecule has 26 heavy (non-hydrogen) atoms. The van der Waals surface area contributed by atoms with Crippen LogP contribution in [0, 0.1) is 0 Å². The monoisotopic (exact) mass is 389 g/mol. The van der Waals surface area contributed by atoms with Gasteiger partial charge in [0.15, 0.2) is 0 Å². The van der Waals surface area contributed by atoms with Crippen molar-refractivity contribution < 1.29 is 35.8 Å². The van der Waals surface area contributed by atoms with Crippen LogP contribution in [0.25, 0.3) is 0 Å². The van der Waals surface area contributed by atoms with Gasteiger partial charge in [0.05, 0.1) is 0 Å². The fourth-order valence-electron chi connectivity index (χ4n) is 3.03. The second kappa shape index (κ2) is 8.12. The topological polar surface area (TPSA) is 23.5 Å². The highest BCUT2D eigenvalue weighted by atomic mass is 19.4. The van der Waals surface area contributed by atoms with Crippen LogP contribution in [0.2, 0.25) is 0 Å². The van der Waals surface area contributed by atoms with Crippen LogP contribution in [-0.2, 0) is 0 Å². The summed E-state index contributed by atoms with van der Waals surface area (Å²) in [5, 5.41) is 9.62. The van der Waals surface area contributed by atoms with E-state index in [9.17, 15) is 35.8 Å². The molecule has 0 bridgehead atoms. The summed E-state index contributed by atoms with van der Waals surface area (Å²) in [5.41, 5.74) is 0.918. The summed E-state index contributed by atoms with van der Waals surface area (Å²) in [6.45, 7) is 7.82. The van der Waals surface area contributed by atoms with Gasteiger partial charge in [-0.05, 0) is 26.2 Å². The molecule has 1 heterocycles. The van der Waals surface area contributed by atoms with Crippen LogP contribution in [0.15, 0.2) is 37.0 Å². The third-order valence-electron chi connectivity index (χ3n) is 4.35. The van der Waals surface area contributed by atoms with Gasteiger partial charge < -0.3 is 5.11 Å². The van der Waals surface area contributed by atoms with Gasteiger partial charge in [0.2, 0.25) is 0 Å². The fraction of sp³-hybridized carbons (Fsp3) is 0.647. The van der Waals surface area contributed by atoms with Gasteiger partial charge in [-0.3, -0.25) is 4.90 Å². The molecular formula is C17H22F7NO. The summed E-state index contributed by atoms with van der Waals surface area (Å²) in [4.78, 5) is 1.31. The molecule has 1 N–H and O–H groups in total. The molecule has 0 aliphatic carbocycles. The van der Waals surface area contributed by atoms with Crippen molar-refractivity contribution in [1.82, 2.24) is 4.90 Å². The van der Waals surface area contributed by atoms with Gasteiger partial charge in [-0.15, -0.1) is 13.2 Å². The third kappa shape index (κ3) is 4.49. The highest BCUT2D eigenvalue weighted by Crippen LogP contribution is 2.48. The first-order valence-electron chi connectivity index (χ1n) is 7.94. The van der Waals surface area contributed by atoms with E-state index in [2.05, 4.69) is 13.2 Å². The summed E-state index contributed by atoms with van der Waals surface area (Å²) in [7, 11) is 0. The molecule has 0 saturated heterocycles. The Bertz CT molecular complexity index is 542. The average molecular weight is 389 g/mol. The summed E-state index contributed by atoms with van der Waals surface area (Å²) >= 11 is 0. The van der Waals surface area contributed by atoms with Crippen LogP contribution < -0.4 is 0 Å². The van der Waals surface area contributed by atoms with E-state index in [1.807, 2.05) is 0 Å². The molecule has 0 fully saturated rings. The number of aliphatic hydroxyl groups excluding tert-OH is 1. The van der Waals surface area contributed by atoms with Gasteiger partial charge >= 0.3 is 18.0 Å². The van der Waals surface area contributed by atoms with Crippen molar-refractivity contribution >= 4 is 0 Å². The standard InChI is InChI=1S/C17H22F7NO/c1-4-6-12-8-11(3)9-13(7-5-2)25(12)10-14(26)15(18,19)16(20,21)17(22,23)24/h4-5,8,12-14,26H,1-2,6-7,9-10H2,3H3/t12-,13-,14+/m1/s1. The quantitative estimate of drug-likeness (QED) is 0.480. The Kier molecular flexibility index (Phi) is 7.09. The molecule has 0 unspecified atom stereocenters. The fourth-order valence-corrected chi connectivity index (χ4v) is 3.03. The maximum absolute atomic E-state index is 13.7. The molecule has 1 aliphatic rings. The molecule has 1 rings (SSSR count). The molecule has 0 aromatic carbocycles. The maximum atomic E-state index is 13.7. The highest BCUT2D eigenvalue weighted by molar-refractivity contribution is 5.15. The molecule has 0 aromatic heterocycles. The Balaban J connectivity index is 3.14. The van der Waals surface area contributed by atoms with Crippen LogP contribution in [0.1, 0.15) is 26.2 Å². The van der Waals surface area contributed by atoms with E-state index in [4.69, 9.17) is 0 Å². The minimum atomic E-state index is -6.48. The lowest BCUT2D eigenvalue weighted by atomic mass is 9.91. The van der Waals surface area contributed by atoms with E-state index in [0.717, 1.165) is 5.57 Å². The highest BCUT2D eigenvalue weighted by Gasteiger charge is 2.75. The van der Waals surface area contributed by atoms with Crippen molar-refractivity contribution in [3.05, 3.63) is 37.0 Å². The van der Waals surface area contributed by atoms with E-state index in [-0.39, 0.29) is 6.42 Å². The zero-order valence-corrected chi connectivity index (χ0v) is 14.2. The van der Waals surface area contributed by atoms with Crippen LogP contribution >= 0.6 is 0 Å². The Hall–Kier alpha value is -1.35. The number of hydrogen-bond donors (Lipinski definition) is 1. The molecule has 0 radical (unpaired) electrons. The van der Waals surface area contributed by atoms with E-state index in [1.54, 1.807) is 13.0 Å². The van der Waals surface area contributed by atoms with Crippen molar-refractivity contribution in [3.8, 4) is 0 Å². The van der Waals surface area contributed by atoms with Crippen molar-refractivity contribution in [1.29, 1.82) is 0 Å². The smallest absolute Gasteiger partial charge is 0.385 e. The molecule has 0 aromatic rings. The Labute approximate surface area is 147 Å². The van der Waals surface area contributed by atoms with Crippen LogP contribution in [0.5, 0.6) is 0 Å². The lowest BCUT2D eigenvalue weighted by Crippen LogP contribution is -2.61. The third-order valence-corrected chi connectivity index (χ3v) is 4.35. The van der Waals surface area contributed by atoms with Gasteiger partial charge in [-0.1, -0.05) is 23.8 Å². The average Bonchev–Trinajstić information content (AvgIpc) is 2.49. The number of aliphatic hydroxyl groups is 1. The van der Waals surface area contributed by atoms with E-state index < -0.39 is 42.8 Å². The van der Waals surface area contributed by atoms with Crippen molar-refractivity contribution in [2.75, 3.05) is 6.54 Å². The minimum Gasteiger partial charge on any atom is -0.385 e. The van der Waals surface area contributed by atoms with Gasteiger partial charge in [0.1, 0.15) is 6.10 Å². The Morgan fingerprint density at radius 1 is 1.15 bits per heavy atom. The lowest BCUT2D eigenvalue weighted by Gasteiger charge is -2.43. The molecule has 0 spiro atoms. The molecule has 0 amide bonds. The number of rotatable bonds is 8. The van der Waals surface area contributed by atoms with E-state index >= 15 is 0 Å². The molecular weight excluding hydrogens is 367 g/mol. The predicted octanol–water partition coefficient (Wildman–Crippen LogP) is 4.72. The summed E-state index contributed by atoms with van der Waals surface area (Å²) < 4.78 is 90.8. The maximum Gasteiger partial charge on any atom is 0.459 e. The number of halogens is 7. The second-order valence-electron chi connectivity index (χ2n) is 6.39. The first-order chi connectivity index (χ1) is 11.8. The normalized spacial score (nSPS) is 24.1. The van der Waals surface area contributed by atoms with E-state index in [1.165, 1.54) is 17.1 Å². The van der Waals surface area contributed by atoms with Crippen molar-refractivity contribution in [3.63, 3.8) is 0 Å². The molecule has 0 saturated carbocycles. The number of hydrogen-bond acceptors (Lipinski definition) is 2. The first-order valence-corrected chi connectivity index (χ1v) is 7.94. The van der Waals surface area contributed by atoms with Crippen LogP contribution in [-0.4, -0.2) is 52.8 Å². The minimum absolute atomic E-state index is 0.263. The Morgan fingerprint density at radius 3 is 2.15 bits per heavy atom. The zero-order chi connectivity index (χ0) is 20.3. The lowest BCUT2D eigenvalue weighted by molar-refractivity contribution is -0.371. The van der Waals surface area contributed by atoms with Crippen molar-refractivity contribution in [2.24, 2.45) is 0 Å². The zero-order valence-electron chi connectivity index (χ0n) is 14.2. The van der Waals surface area contributed by atoms with Gasteiger partial charge in [-0.2, -0.15) is 30.7 Å². The van der Waals surface area contributed by atoms with Gasteiger partial charge in [0.25, 0.3) is 0 Å². The van der Waals surface area contributed by atoms with Crippen molar-refractivity contribution in [2.45, 2.75) is 62.4 Å². The summed E-state index contributed by atoms with van der Waals surface area (Å²) in [6.07, 6.45) is -4.04. The van der Waals surface area contributed by atoms with Crippen LogP contribution in [0.3, 0.4) is 0 Å². The predicted molar refractivity (Wildman–Crippen MR) is 84.2 cm³/mol.